The highest BCUT2D eigenvalue weighted by Crippen LogP contribution is 2.34. The molecule has 3 rings (SSSR count). The van der Waals surface area contributed by atoms with Gasteiger partial charge in [-0.2, -0.15) is 5.10 Å². The van der Waals surface area contributed by atoms with Crippen LogP contribution in [-0.2, 0) is 16.1 Å². The zero-order valence-corrected chi connectivity index (χ0v) is 11.6. The lowest BCUT2D eigenvalue weighted by Gasteiger charge is -2.11. The van der Waals surface area contributed by atoms with Gasteiger partial charge < -0.3 is 16.4 Å². The van der Waals surface area contributed by atoms with Gasteiger partial charge >= 0.3 is 0 Å². The maximum Gasteiger partial charge on any atom is 0.251 e. The van der Waals surface area contributed by atoms with E-state index in [0.717, 1.165) is 11.3 Å². The molecule has 0 aliphatic carbocycles. The van der Waals surface area contributed by atoms with Crippen molar-refractivity contribution in [3.63, 3.8) is 0 Å². The van der Waals surface area contributed by atoms with E-state index in [9.17, 15) is 9.59 Å². The Morgan fingerprint density at radius 2 is 2.33 bits per heavy atom. The number of hydrogen-bond acceptors (Lipinski definition) is 4. The Kier molecular flexibility index (Phi) is 3.26. The van der Waals surface area contributed by atoms with Gasteiger partial charge in [0.1, 0.15) is 12.6 Å². The Morgan fingerprint density at radius 1 is 1.52 bits per heavy atom. The fourth-order valence-electron chi connectivity index (χ4n) is 2.23. The van der Waals surface area contributed by atoms with Gasteiger partial charge in [-0.15, -0.1) is 0 Å². The van der Waals surface area contributed by atoms with Gasteiger partial charge in [0, 0.05) is 22.5 Å². The number of nitrogens with one attached hydrogen (secondary N) is 2. The number of amides is 2. The van der Waals surface area contributed by atoms with Crippen molar-refractivity contribution in [3.05, 3.63) is 41.2 Å². The molecule has 8 heteroatoms. The molecule has 4 N–H and O–H groups in total. The molecule has 1 aliphatic rings. The lowest BCUT2D eigenvalue weighted by molar-refractivity contribution is -0.119. The predicted octanol–water partition coefficient (Wildman–Crippen LogP) is 1.13. The lowest BCUT2D eigenvalue weighted by Crippen LogP contribution is -2.20. The third kappa shape index (κ3) is 2.68. The first-order valence-electron chi connectivity index (χ1n) is 6.20. The Hall–Kier alpha value is -2.54. The van der Waals surface area contributed by atoms with Crippen LogP contribution in [-0.4, -0.2) is 21.6 Å². The van der Waals surface area contributed by atoms with E-state index in [1.165, 1.54) is 10.9 Å². The number of aromatic nitrogens is 2. The molecule has 0 fully saturated rings. The van der Waals surface area contributed by atoms with E-state index in [2.05, 4.69) is 15.7 Å². The predicted molar refractivity (Wildman–Crippen MR) is 77.9 cm³/mol. The number of carbonyl (C=O) groups excluding carboxylic acids is 2. The van der Waals surface area contributed by atoms with Crippen molar-refractivity contribution in [2.45, 2.75) is 12.6 Å². The van der Waals surface area contributed by atoms with Crippen LogP contribution in [0.4, 0.5) is 11.4 Å². The molecule has 1 aromatic heterocycles. The van der Waals surface area contributed by atoms with Crippen molar-refractivity contribution in [1.82, 2.24) is 9.78 Å². The van der Waals surface area contributed by atoms with Crippen LogP contribution in [0.25, 0.3) is 0 Å². The van der Waals surface area contributed by atoms with E-state index in [0.29, 0.717) is 10.7 Å². The van der Waals surface area contributed by atoms with Crippen LogP contribution in [0.3, 0.4) is 0 Å². The topological polar surface area (TPSA) is 102 Å². The molecule has 0 bridgehead atoms. The smallest absolute Gasteiger partial charge is 0.251 e. The fourth-order valence-corrected chi connectivity index (χ4v) is 2.41. The number of hydrogen-bond donors (Lipinski definition) is 3. The number of primary amides is 1. The number of rotatable bonds is 4. The van der Waals surface area contributed by atoms with Crippen molar-refractivity contribution >= 4 is 34.8 Å². The molecule has 21 heavy (non-hydrogen) atoms. The SMILES string of the molecule is NC(=O)Cn1cc(NC2C(=O)Nc3ccc(Cl)cc32)cn1. The summed E-state index contributed by atoms with van der Waals surface area (Å²) in [6, 6.07) is 4.66. The molecule has 0 radical (unpaired) electrons. The van der Waals surface area contributed by atoms with Crippen LogP contribution < -0.4 is 16.4 Å². The first kappa shape index (κ1) is 13.4. The Labute approximate surface area is 125 Å². The highest BCUT2D eigenvalue weighted by Gasteiger charge is 2.30. The van der Waals surface area contributed by atoms with Crippen LogP contribution in [0.5, 0.6) is 0 Å². The maximum atomic E-state index is 12.0. The average molecular weight is 306 g/mol. The van der Waals surface area contributed by atoms with Gasteiger partial charge in [0.2, 0.25) is 5.91 Å². The van der Waals surface area contributed by atoms with E-state index in [4.69, 9.17) is 17.3 Å². The van der Waals surface area contributed by atoms with Gasteiger partial charge in [-0.05, 0) is 18.2 Å². The van der Waals surface area contributed by atoms with Crippen molar-refractivity contribution in [2.75, 3.05) is 10.6 Å². The summed E-state index contributed by atoms with van der Waals surface area (Å²) in [6.45, 7) is -0.0129. The highest BCUT2D eigenvalue weighted by molar-refractivity contribution is 6.31. The summed E-state index contributed by atoms with van der Waals surface area (Å²) in [4.78, 5) is 22.9. The first-order valence-corrected chi connectivity index (χ1v) is 6.58. The molecular formula is C13H12ClN5O2. The van der Waals surface area contributed by atoms with Crippen LogP contribution >= 0.6 is 11.6 Å². The summed E-state index contributed by atoms with van der Waals surface area (Å²) in [5, 5.41) is 10.4. The Morgan fingerprint density at radius 3 is 3.10 bits per heavy atom. The molecule has 2 heterocycles. The molecule has 2 amide bonds. The molecule has 1 unspecified atom stereocenters. The molecule has 108 valence electrons. The Bertz CT molecular complexity index is 727. The normalized spacial score (nSPS) is 16.4. The zero-order chi connectivity index (χ0) is 15.0. The van der Waals surface area contributed by atoms with Crippen LogP contribution in [0.15, 0.2) is 30.6 Å². The fraction of sp³-hybridized carbons (Fsp3) is 0.154. The summed E-state index contributed by atoms with van der Waals surface area (Å²) in [5.74, 6) is -0.657. The third-order valence-electron chi connectivity index (χ3n) is 3.11. The first-order chi connectivity index (χ1) is 10.0. The number of benzene rings is 1. The largest absolute Gasteiger partial charge is 0.368 e. The van der Waals surface area contributed by atoms with Crippen molar-refractivity contribution in [3.8, 4) is 0 Å². The van der Waals surface area contributed by atoms with Gasteiger partial charge in [0.25, 0.3) is 5.91 Å². The van der Waals surface area contributed by atoms with Crippen molar-refractivity contribution in [1.29, 1.82) is 0 Å². The minimum atomic E-state index is -0.551. The van der Waals surface area contributed by atoms with Crippen molar-refractivity contribution in [2.24, 2.45) is 5.73 Å². The number of halogens is 1. The molecule has 7 nitrogen and oxygen atoms in total. The highest BCUT2D eigenvalue weighted by atomic mass is 35.5. The second kappa shape index (κ2) is 5.10. The quantitative estimate of drug-likeness (QED) is 0.788. The van der Waals surface area contributed by atoms with Crippen molar-refractivity contribution < 1.29 is 9.59 Å². The minimum absolute atomic E-state index is 0.0129. The molecule has 0 spiro atoms. The number of carbonyl (C=O) groups is 2. The summed E-state index contributed by atoms with van der Waals surface area (Å²) in [5.41, 5.74) is 7.22. The molecular weight excluding hydrogens is 294 g/mol. The summed E-state index contributed by atoms with van der Waals surface area (Å²) in [7, 11) is 0. The van der Waals surface area contributed by atoms with Gasteiger partial charge in [0.05, 0.1) is 11.9 Å². The van der Waals surface area contributed by atoms with Gasteiger partial charge in [-0.25, -0.2) is 0 Å². The van der Waals surface area contributed by atoms with Gasteiger partial charge in [0.15, 0.2) is 0 Å². The van der Waals surface area contributed by atoms with Gasteiger partial charge in [-0.1, -0.05) is 11.6 Å². The monoisotopic (exact) mass is 305 g/mol. The van der Waals surface area contributed by atoms with Crippen LogP contribution in [0, 0.1) is 0 Å². The van der Waals surface area contributed by atoms with E-state index >= 15 is 0 Å². The number of nitrogens with zero attached hydrogens (tertiary/aromatic N) is 2. The molecule has 1 aromatic carbocycles. The maximum absolute atomic E-state index is 12.0. The minimum Gasteiger partial charge on any atom is -0.368 e. The number of fused-ring (bicyclic) bond motifs is 1. The second-order valence-electron chi connectivity index (χ2n) is 4.69. The third-order valence-corrected chi connectivity index (χ3v) is 3.34. The van der Waals surface area contributed by atoms with E-state index < -0.39 is 11.9 Å². The summed E-state index contributed by atoms with van der Waals surface area (Å²) < 4.78 is 1.40. The Balaban J connectivity index is 1.82. The van der Waals surface area contributed by atoms with Crippen LogP contribution in [0.2, 0.25) is 5.02 Å². The van der Waals surface area contributed by atoms with Crippen LogP contribution in [0.1, 0.15) is 11.6 Å². The molecule has 0 saturated carbocycles. The number of nitrogens with two attached hydrogens (primary N) is 1. The van der Waals surface area contributed by atoms with Gasteiger partial charge in [-0.3, -0.25) is 14.3 Å². The summed E-state index contributed by atoms with van der Waals surface area (Å²) >= 11 is 5.97. The standard InChI is InChI=1S/C13H12ClN5O2/c14-7-1-2-10-9(3-7)12(13(21)18-10)17-8-4-16-19(5-8)6-11(15)20/h1-5,12,17H,6H2,(H2,15,20)(H,18,21). The molecule has 2 aromatic rings. The average Bonchev–Trinajstić information content (AvgIpc) is 2.96. The summed E-state index contributed by atoms with van der Waals surface area (Å²) in [6.07, 6.45) is 3.14. The zero-order valence-electron chi connectivity index (χ0n) is 10.8. The molecule has 0 saturated heterocycles. The van der Waals surface area contributed by atoms with E-state index in [1.807, 2.05) is 0 Å². The lowest BCUT2D eigenvalue weighted by atomic mass is 10.1. The molecule has 1 atom stereocenters. The van der Waals surface area contributed by atoms with E-state index in [1.54, 1.807) is 24.4 Å². The van der Waals surface area contributed by atoms with E-state index in [-0.39, 0.29) is 12.5 Å². The number of anilines is 2. The molecule has 1 aliphatic heterocycles. The second-order valence-corrected chi connectivity index (χ2v) is 5.13.